The topological polar surface area (TPSA) is 0 Å². The van der Waals surface area contributed by atoms with Gasteiger partial charge in [0.15, 0.2) is 0 Å². The summed E-state index contributed by atoms with van der Waals surface area (Å²) < 4.78 is 0. The molecule has 0 radical (unpaired) electrons. The highest BCUT2D eigenvalue weighted by molar-refractivity contribution is 6.30. The Bertz CT molecular complexity index is 798. The molecule has 0 aromatic heterocycles. The van der Waals surface area contributed by atoms with Crippen LogP contribution in [0.4, 0.5) is 0 Å². The molecule has 4 rings (SSSR count). The lowest BCUT2D eigenvalue weighted by Gasteiger charge is -2.41. The van der Waals surface area contributed by atoms with E-state index in [-0.39, 0.29) is 5.41 Å². The molecule has 0 aliphatic heterocycles. The van der Waals surface area contributed by atoms with Gasteiger partial charge in [-0.2, -0.15) is 0 Å². The average Bonchev–Trinajstić information content (AvgIpc) is 2.70. The van der Waals surface area contributed by atoms with E-state index in [9.17, 15) is 0 Å². The molecule has 3 aromatic carbocycles. The lowest BCUT2D eigenvalue weighted by atomic mass is 9.62. The Morgan fingerprint density at radius 3 is 1.76 bits per heavy atom. The summed E-state index contributed by atoms with van der Waals surface area (Å²) in [6.45, 7) is 0. The maximum atomic E-state index is 6.15. The summed E-state index contributed by atoms with van der Waals surface area (Å²) in [5.41, 5.74) is 4.43. The highest BCUT2D eigenvalue weighted by Crippen LogP contribution is 2.49. The second-order valence-corrected chi connectivity index (χ2v) is 7.58. The summed E-state index contributed by atoms with van der Waals surface area (Å²) in [4.78, 5) is 0. The first-order valence-corrected chi connectivity index (χ1v) is 9.52. The first-order valence-electron chi connectivity index (χ1n) is 9.14. The summed E-state index contributed by atoms with van der Waals surface area (Å²) in [6, 6.07) is 30.5. The van der Waals surface area contributed by atoms with Crippen LogP contribution in [0.25, 0.3) is 0 Å². The standard InChI is InChI=1S/C24H23Cl/c25-23-13-11-22(12-14-23)24(21-9-5-2-6-10-21)17-15-20(16-18-24)19-7-3-1-4-8-19/h1-14,20H,15-18H2. The Hall–Kier alpha value is -2.05. The molecule has 1 fully saturated rings. The minimum atomic E-state index is 0.108. The summed E-state index contributed by atoms with van der Waals surface area (Å²) in [5, 5.41) is 0.810. The predicted molar refractivity (Wildman–Crippen MR) is 106 cm³/mol. The lowest BCUT2D eigenvalue weighted by Crippen LogP contribution is -2.32. The third kappa shape index (κ3) is 3.24. The summed E-state index contributed by atoms with van der Waals surface area (Å²) in [6.07, 6.45) is 4.81. The van der Waals surface area contributed by atoms with E-state index in [4.69, 9.17) is 11.6 Å². The van der Waals surface area contributed by atoms with Crippen LogP contribution >= 0.6 is 11.6 Å². The Balaban J connectivity index is 1.68. The molecule has 0 atom stereocenters. The van der Waals surface area contributed by atoms with Crippen molar-refractivity contribution in [3.05, 3.63) is 107 Å². The van der Waals surface area contributed by atoms with E-state index in [1.807, 2.05) is 12.1 Å². The van der Waals surface area contributed by atoms with Crippen LogP contribution in [0.15, 0.2) is 84.9 Å². The molecule has 0 nitrogen and oxygen atoms in total. The highest BCUT2D eigenvalue weighted by atomic mass is 35.5. The maximum Gasteiger partial charge on any atom is 0.0406 e. The molecule has 0 unspecified atom stereocenters. The fraction of sp³-hybridized carbons (Fsp3) is 0.250. The number of benzene rings is 3. The van der Waals surface area contributed by atoms with Gasteiger partial charge in [0.05, 0.1) is 0 Å². The zero-order valence-electron chi connectivity index (χ0n) is 14.4. The van der Waals surface area contributed by atoms with Crippen LogP contribution in [0.3, 0.4) is 0 Å². The van der Waals surface area contributed by atoms with Crippen molar-refractivity contribution in [3.8, 4) is 0 Å². The first kappa shape index (κ1) is 16.4. The van der Waals surface area contributed by atoms with Crippen molar-refractivity contribution in [3.63, 3.8) is 0 Å². The Morgan fingerprint density at radius 1 is 0.640 bits per heavy atom. The van der Waals surface area contributed by atoms with Gasteiger partial charge in [-0.1, -0.05) is 84.4 Å². The number of halogens is 1. The van der Waals surface area contributed by atoms with Crippen LogP contribution in [0.2, 0.25) is 5.02 Å². The molecule has 0 spiro atoms. The van der Waals surface area contributed by atoms with Crippen LogP contribution < -0.4 is 0 Å². The van der Waals surface area contributed by atoms with E-state index in [2.05, 4.69) is 72.8 Å². The van der Waals surface area contributed by atoms with E-state index in [1.54, 1.807) is 0 Å². The van der Waals surface area contributed by atoms with Crippen molar-refractivity contribution in [2.24, 2.45) is 0 Å². The van der Waals surface area contributed by atoms with E-state index in [0.29, 0.717) is 5.92 Å². The van der Waals surface area contributed by atoms with Crippen molar-refractivity contribution in [1.29, 1.82) is 0 Å². The van der Waals surface area contributed by atoms with Gasteiger partial charge in [-0.15, -0.1) is 0 Å². The molecule has 1 heteroatoms. The lowest BCUT2D eigenvalue weighted by molar-refractivity contribution is 0.315. The molecular formula is C24H23Cl. The van der Waals surface area contributed by atoms with Crippen molar-refractivity contribution >= 4 is 11.6 Å². The van der Waals surface area contributed by atoms with Gasteiger partial charge < -0.3 is 0 Å². The van der Waals surface area contributed by atoms with Gasteiger partial charge in [0.2, 0.25) is 0 Å². The summed E-state index contributed by atoms with van der Waals surface area (Å²) in [7, 11) is 0. The van der Waals surface area contributed by atoms with Gasteiger partial charge in [-0.25, -0.2) is 0 Å². The van der Waals surface area contributed by atoms with E-state index >= 15 is 0 Å². The molecular weight excluding hydrogens is 324 g/mol. The first-order chi connectivity index (χ1) is 12.3. The molecule has 1 saturated carbocycles. The average molecular weight is 347 g/mol. The molecule has 0 bridgehead atoms. The summed E-state index contributed by atoms with van der Waals surface area (Å²) in [5.74, 6) is 0.672. The van der Waals surface area contributed by atoms with Gasteiger partial charge in [0, 0.05) is 10.4 Å². The van der Waals surface area contributed by atoms with Gasteiger partial charge in [0.1, 0.15) is 0 Å². The zero-order chi connectivity index (χ0) is 17.1. The normalized spacial score (nSPS) is 23.3. The van der Waals surface area contributed by atoms with E-state index < -0.39 is 0 Å². The van der Waals surface area contributed by atoms with Gasteiger partial charge in [-0.05, 0) is 60.4 Å². The van der Waals surface area contributed by atoms with Crippen LogP contribution in [-0.4, -0.2) is 0 Å². The third-order valence-corrected chi connectivity index (χ3v) is 6.09. The minimum absolute atomic E-state index is 0.108. The van der Waals surface area contributed by atoms with Crippen molar-refractivity contribution in [2.45, 2.75) is 37.0 Å². The zero-order valence-corrected chi connectivity index (χ0v) is 15.1. The van der Waals surface area contributed by atoms with Gasteiger partial charge in [0.25, 0.3) is 0 Å². The number of rotatable bonds is 3. The molecule has 25 heavy (non-hydrogen) atoms. The van der Waals surface area contributed by atoms with E-state index in [1.165, 1.54) is 42.4 Å². The maximum absolute atomic E-state index is 6.15. The largest absolute Gasteiger partial charge is 0.0843 e. The van der Waals surface area contributed by atoms with Crippen molar-refractivity contribution < 1.29 is 0 Å². The predicted octanol–water partition coefficient (Wildman–Crippen LogP) is 6.98. The number of hydrogen-bond donors (Lipinski definition) is 0. The Labute approximate surface area is 155 Å². The molecule has 0 heterocycles. The summed E-state index contributed by atoms with van der Waals surface area (Å²) >= 11 is 6.15. The Kier molecular flexibility index (Phi) is 4.63. The minimum Gasteiger partial charge on any atom is -0.0843 e. The third-order valence-electron chi connectivity index (χ3n) is 5.83. The second kappa shape index (κ2) is 7.06. The van der Waals surface area contributed by atoms with Crippen molar-refractivity contribution in [2.75, 3.05) is 0 Å². The van der Waals surface area contributed by atoms with Crippen LogP contribution in [0, 0.1) is 0 Å². The molecule has 126 valence electrons. The molecule has 1 aliphatic rings. The fourth-order valence-electron chi connectivity index (χ4n) is 4.44. The highest BCUT2D eigenvalue weighted by Gasteiger charge is 2.38. The molecule has 1 aliphatic carbocycles. The quantitative estimate of drug-likeness (QED) is 0.479. The fourth-order valence-corrected chi connectivity index (χ4v) is 4.57. The smallest absolute Gasteiger partial charge is 0.0406 e. The van der Waals surface area contributed by atoms with Gasteiger partial charge >= 0.3 is 0 Å². The molecule has 3 aromatic rings. The molecule has 0 saturated heterocycles. The SMILES string of the molecule is Clc1ccc(C2(c3ccccc3)CCC(c3ccccc3)CC2)cc1. The number of hydrogen-bond acceptors (Lipinski definition) is 0. The second-order valence-electron chi connectivity index (χ2n) is 7.14. The molecule has 0 N–H and O–H groups in total. The van der Waals surface area contributed by atoms with Crippen LogP contribution in [-0.2, 0) is 5.41 Å². The molecule has 0 amide bonds. The van der Waals surface area contributed by atoms with Crippen LogP contribution in [0.5, 0.6) is 0 Å². The Morgan fingerprint density at radius 2 is 1.16 bits per heavy atom. The monoisotopic (exact) mass is 346 g/mol. The van der Waals surface area contributed by atoms with Crippen LogP contribution in [0.1, 0.15) is 48.3 Å². The van der Waals surface area contributed by atoms with Gasteiger partial charge in [-0.3, -0.25) is 0 Å². The van der Waals surface area contributed by atoms with Crippen molar-refractivity contribution in [1.82, 2.24) is 0 Å². The van der Waals surface area contributed by atoms with E-state index in [0.717, 1.165) is 5.02 Å².